The van der Waals surface area contributed by atoms with E-state index in [1.54, 1.807) is 22.1 Å². The van der Waals surface area contributed by atoms with Gasteiger partial charge in [0.2, 0.25) is 0 Å². The zero-order valence-electron chi connectivity index (χ0n) is 15.4. The maximum atomic E-state index is 11.1. The number of hydrogen-bond donors (Lipinski definition) is 1. The van der Waals surface area contributed by atoms with Gasteiger partial charge in [-0.25, -0.2) is 9.78 Å². The molecule has 1 aromatic carbocycles. The third kappa shape index (κ3) is 3.72. The molecule has 1 N–H and O–H groups in total. The molecular weight excluding hydrogens is 348 g/mol. The molecule has 2 heterocycles. The predicted octanol–water partition coefficient (Wildman–Crippen LogP) is 4.17. The number of thiazole rings is 1. The molecule has 3 rings (SSSR count). The Bertz CT molecular complexity index is 910. The lowest BCUT2D eigenvalue weighted by Crippen LogP contribution is -2.24. The van der Waals surface area contributed by atoms with Gasteiger partial charge in [-0.15, -0.1) is 0 Å². The van der Waals surface area contributed by atoms with E-state index in [-0.39, 0.29) is 5.69 Å². The molecule has 0 unspecified atom stereocenters. The average Bonchev–Trinajstić information content (AvgIpc) is 3.19. The standard InChI is InChI=1S/C19H24N4O2S/c1-4-9-22(10-5-2)19-20-17-14(7-6-8-16(17)26-19)12-23-13(3)11-15(21-23)18(24)25/h6-8,11H,4-5,9-10,12H2,1-3H3,(H,24,25). The van der Waals surface area contributed by atoms with E-state index in [1.807, 2.05) is 19.1 Å². The van der Waals surface area contributed by atoms with Crippen molar-refractivity contribution in [3.63, 3.8) is 0 Å². The lowest BCUT2D eigenvalue weighted by atomic mass is 10.2. The van der Waals surface area contributed by atoms with E-state index < -0.39 is 5.97 Å². The first-order valence-corrected chi connectivity index (χ1v) is 9.76. The first kappa shape index (κ1) is 18.4. The van der Waals surface area contributed by atoms with Crippen LogP contribution in [0, 0.1) is 6.92 Å². The Morgan fingerprint density at radius 2 is 2.00 bits per heavy atom. The van der Waals surface area contributed by atoms with E-state index in [4.69, 9.17) is 10.1 Å². The van der Waals surface area contributed by atoms with Crippen molar-refractivity contribution in [3.8, 4) is 0 Å². The summed E-state index contributed by atoms with van der Waals surface area (Å²) >= 11 is 1.72. The monoisotopic (exact) mass is 372 g/mol. The second-order valence-corrected chi connectivity index (χ2v) is 7.39. The Balaban J connectivity index is 1.95. The van der Waals surface area contributed by atoms with Crippen LogP contribution in [0.15, 0.2) is 24.3 Å². The van der Waals surface area contributed by atoms with E-state index in [1.165, 1.54) is 0 Å². The Morgan fingerprint density at radius 3 is 2.62 bits per heavy atom. The SMILES string of the molecule is CCCN(CCC)c1nc2c(Cn3nc(C(=O)O)cc3C)cccc2s1. The number of rotatable bonds is 8. The zero-order chi connectivity index (χ0) is 18.7. The van der Waals surface area contributed by atoms with Crippen molar-refractivity contribution < 1.29 is 9.90 Å². The minimum absolute atomic E-state index is 0.0747. The molecule has 0 bridgehead atoms. The molecule has 0 aliphatic carbocycles. The van der Waals surface area contributed by atoms with Gasteiger partial charge in [0, 0.05) is 24.3 Å². The number of anilines is 1. The number of fused-ring (bicyclic) bond motifs is 1. The van der Waals surface area contributed by atoms with Gasteiger partial charge in [-0.3, -0.25) is 4.68 Å². The van der Waals surface area contributed by atoms with E-state index in [0.29, 0.717) is 6.54 Å². The van der Waals surface area contributed by atoms with Crippen molar-refractivity contribution in [2.45, 2.75) is 40.2 Å². The first-order chi connectivity index (χ1) is 12.5. The quantitative estimate of drug-likeness (QED) is 0.642. The van der Waals surface area contributed by atoms with Crippen molar-refractivity contribution in [3.05, 3.63) is 41.2 Å². The first-order valence-electron chi connectivity index (χ1n) is 8.94. The molecular formula is C19H24N4O2S. The van der Waals surface area contributed by atoms with Gasteiger partial charge in [0.1, 0.15) is 0 Å². The van der Waals surface area contributed by atoms with Crippen LogP contribution < -0.4 is 4.90 Å². The van der Waals surface area contributed by atoms with Gasteiger partial charge in [-0.05, 0) is 31.9 Å². The highest BCUT2D eigenvalue weighted by Gasteiger charge is 2.15. The highest BCUT2D eigenvalue weighted by molar-refractivity contribution is 7.22. The molecule has 26 heavy (non-hydrogen) atoms. The highest BCUT2D eigenvalue weighted by atomic mass is 32.1. The fraction of sp³-hybridized carbons (Fsp3) is 0.421. The second-order valence-electron chi connectivity index (χ2n) is 6.38. The van der Waals surface area contributed by atoms with Crippen molar-refractivity contribution in [1.82, 2.24) is 14.8 Å². The number of benzene rings is 1. The summed E-state index contributed by atoms with van der Waals surface area (Å²) in [6.45, 7) is 8.76. The van der Waals surface area contributed by atoms with Crippen LogP contribution >= 0.6 is 11.3 Å². The van der Waals surface area contributed by atoms with E-state index in [2.05, 4.69) is 29.9 Å². The predicted molar refractivity (Wildman–Crippen MR) is 105 cm³/mol. The van der Waals surface area contributed by atoms with Gasteiger partial charge in [0.15, 0.2) is 10.8 Å². The van der Waals surface area contributed by atoms with Gasteiger partial charge in [-0.1, -0.05) is 37.3 Å². The minimum atomic E-state index is -1.00. The molecule has 0 fully saturated rings. The van der Waals surface area contributed by atoms with Gasteiger partial charge in [0.25, 0.3) is 0 Å². The van der Waals surface area contributed by atoms with E-state index in [9.17, 15) is 4.79 Å². The van der Waals surface area contributed by atoms with Crippen LogP contribution in [0.5, 0.6) is 0 Å². The van der Waals surface area contributed by atoms with Crippen molar-refractivity contribution in [1.29, 1.82) is 0 Å². The molecule has 0 saturated heterocycles. The van der Waals surface area contributed by atoms with Crippen molar-refractivity contribution >= 4 is 32.7 Å². The summed E-state index contributed by atoms with van der Waals surface area (Å²) in [5.41, 5.74) is 2.94. The lowest BCUT2D eigenvalue weighted by Gasteiger charge is -2.19. The summed E-state index contributed by atoms with van der Waals surface area (Å²) in [7, 11) is 0. The smallest absolute Gasteiger partial charge is 0.356 e. The topological polar surface area (TPSA) is 71.2 Å². The molecule has 0 amide bonds. The molecule has 138 valence electrons. The number of para-hydroxylation sites is 1. The van der Waals surface area contributed by atoms with Gasteiger partial charge < -0.3 is 10.0 Å². The average molecular weight is 372 g/mol. The number of carboxylic acid groups (broad SMARTS) is 1. The van der Waals surface area contributed by atoms with Gasteiger partial charge >= 0.3 is 5.97 Å². The maximum Gasteiger partial charge on any atom is 0.356 e. The van der Waals surface area contributed by atoms with Crippen LogP contribution in [-0.4, -0.2) is 38.9 Å². The Kier molecular flexibility index (Phi) is 5.56. The molecule has 0 atom stereocenters. The summed E-state index contributed by atoms with van der Waals surface area (Å²) < 4.78 is 2.88. The fourth-order valence-electron chi connectivity index (χ4n) is 3.04. The number of aryl methyl sites for hydroxylation is 1. The largest absolute Gasteiger partial charge is 0.476 e. The van der Waals surface area contributed by atoms with Gasteiger partial charge in [-0.2, -0.15) is 5.10 Å². The molecule has 0 aliphatic heterocycles. The molecule has 0 saturated carbocycles. The van der Waals surface area contributed by atoms with E-state index in [0.717, 1.165) is 52.5 Å². The normalized spacial score (nSPS) is 11.2. The summed E-state index contributed by atoms with van der Waals surface area (Å²) in [5.74, 6) is -1.00. The third-order valence-electron chi connectivity index (χ3n) is 4.27. The van der Waals surface area contributed by atoms with Crippen molar-refractivity contribution in [2.75, 3.05) is 18.0 Å². The van der Waals surface area contributed by atoms with Crippen LogP contribution in [0.3, 0.4) is 0 Å². The molecule has 0 spiro atoms. The van der Waals surface area contributed by atoms with Crippen LogP contribution in [0.4, 0.5) is 5.13 Å². The van der Waals surface area contributed by atoms with Crippen LogP contribution in [0.25, 0.3) is 10.2 Å². The number of hydrogen-bond acceptors (Lipinski definition) is 5. The van der Waals surface area contributed by atoms with Crippen LogP contribution in [-0.2, 0) is 6.54 Å². The maximum absolute atomic E-state index is 11.1. The highest BCUT2D eigenvalue weighted by Crippen LogP contribution is 2.31. The zero-order valence-corrected chi connectivity index (χ0v) is 16.2. The second kappa shape index (κ2) is 7.86. The molecule has 7 heteroatoms. The number of nitrogens with zero attached hydrogens (tertiary/aromatic N) is 4. The minimum Gasteiger partial charge on any atom is -0.476 e. The number of aromatic nitrogens is 3. The molecule has 3 aromatic rings. The summed E-state index contributed by atoms with van der Waals surface area (Å²) in [4.78, 5) is 18.4. The molecule has 6 nitrogen and oxygen atoms in total. The Morgan fingerprint density at radius 1 is 1.27 bits per heavy atom. The summed E-state index contributed by atoms with van der Waals surface area (Å²) in [5, 5.41) is 14.4. The lowest BCUT2D eigenvalue weighted by molar-refractivity contribution is 0.0689. The molecule has 0 radical (unpaired) electrons. The Hall–Kier alpha value is -2.41. The molecule has 0 aliphatic rings. The number of carboxylic acids is 1. The van der Waals surface area contributed by atoms with Crippen LogP contribution in [0.1, 0.15) is 48.4 Å². The number of carbonyl (C=O) groups is 1. The third-order valence-corrected chi connectivity index (χ3v) is 5.35. The van der Waals surface area contributed by atoms with Crippen molar-refractivity contribution in [2.24, 2.45) is 0 Å². The molecule has 2 aromatic heterocycles. The van der Waals surface area contributed by atoms with Crippen LogP contribution in [0.2, 0.25) is 0 Å². The number of aromatic carboxylic acids is 1. The fourth-order valence-corrected chi connectivity index (χ4v) is 4.10. The summed E-state index contributed by atoms with van der Waals surface area (Å²) in [6, 6.07) is 7.76. The summed E-state index contributed by atoms with van der Waals surface area (Å²) in [6.07, 6.45) is 2.18. The Labute approximate surface area is 157 Å². The van der Waals surface area contributed by atoms with E-state index >= 15 is 0 Å². The van der Waals surface area contributed by atoms with Gasteiger partial charge in [0.05, 0.1) is 16.8 Å².